The number of ether oxygens (including phenoxy) is 1. The smallest absolute Gasteiger partial charge is 0.341 e. The average molecular weight is 397 g/mol. The van der Waals surface area contributed by atoms with E-state index in [1.807, 2.05) is 6.07 Å². The minimum Gasteiger partial charge on any atom is -0.505 e. The predicted octanol–water partition coefficient (Wildman–Crippen LogP) is 3.04. The number of hydrogen-bond acceptors (Lipinski definition) is 4. The number of anilines is 1. The number of amides is 1. The van der Waals surface area contributed by atoms with Crippen LogP contribution in [0.3, 0.4) is 0 Å². The molecule has 0 aliphatic rings. The summed E-state index contributed by atoms with van der Waals surface area (Å²) >= 11 is 2.10. The van der Waals surface area contributed by atoms with Crippen molar-refractivity contribution >= 4 is 40.2 Å². The molecular weight excluding hydrogens is 385 g/mol. The maximum Gasteiger partial charge on any atom is 0.341 e. The van der Waals surface area contributed by atoms with E-state index in [-0.39, 0.29) is 22.9 Å². The van der Waals surface area contributed by atoms with Crippen LogP contribution in [-0.4, -0.2) is 24.1 Å². The molecule has 2 aromatic carbocycles. The lowest BCUT2D eigenvalue weighted by Crippen LogP contribution is -2.13. The summed E-state index contributed by atoms with van der Waals surface area (Å²) in [6.45, 7) is 0. The van der Waals surface area contributed by atoms with Crippen LogP contribution >= 0.6 is 22.6 Å². The summed E-state index contributed by atoms with van der Waals surface area (Å²) in [5.41, 5.74) is 0.615. The molecule has 0 unspecified atom stereocenters. The number of halogens is 1. The number of benzene rings is 2. The summed E-state index contributed by atoms with van der Waals surface area (Å²) in [5, 5.41) is 12.6. The summed E-state index contributed by atoms with van der Waals surface area (Å²) in [5.74, 6) is -1.35. The predicted molar refractivity (Wildman–Crippen MR) is 86.6 cm³/mol. The normalized spacial score (nSPS) is 10.0. The molecule has 2 aromatic rings. The number of hydrogen-bond donors (Lipinski definition) is 2. The zero-order chi connectivity index (χ0) is 15.4. The Morgan fingerprint density at radius 3 is 2.57 bits per heavy atom. The van der Waals surface area contributed by atoms with E-state index in [1.54, 1.807) is 24.3 Å². The molecule has 21 heavy (non-hydrogen) atoms. The lowest BCUT2D eigenvalue weighted by Gasteiger charge is -2.10. The first kappa shape index (κ1) is 15.3. The molecule has 0 radical (unpaired) electrons. The zero-order valence-electron chi connectivity index (χ0n) is 11.1. The number of phenols is 1. The fourth-order valence-corrected chi connectivity index (χ4v) is 2.29. The van der Waals surface area contributed by atoms with Gasteiger partial charge in [0.1, 0.15) is 5.56 Å². The Morgan fingerprint density at radius 1 is 1.19 bits per heavy atom. The Bertz CT molecular complexity index is 700. The van der Waals surface area contributed by atoms with Crippen LogP contribution in [0.1, 0.15) is 20.7 Å². The van der Waals surface area contributed by atoms with Gasteiger partial charge < -0.3 is 15.2 Å². The molecule has 0 aromatic heterocycles. The molecule has 0 saturated heterocycles. The topological polar surface area (TPSA) is 75.6 Å². The van der Waals surface area contributed by atoms with Crippen molar-refractivity contribution in [3.05, 3.63) is 57.2 Å². The van der Waals surface area contributed by atoms with Crippen LogP contribution in [0.4, 0.5) is 5.69 Å². The maximum atomic E-state index is 12.1. The minimum atomic E-state index is -0.669. The van der Waals surface area contributed by atoms with Crippen molar-refractivity contribution in [1.29, 1.82) is 0 Å². The van der Waals surface area contributed by atoms with Gasteiger partial charge in [-0.1, -0.05) is 12.1 Å². The summed E-state index contributed by atoms with van der Waals surface area (Å²) in [4.78, 5) is 23.6. The van der Waals surface area contributed by atoms with Crippen molar-refractivity contribution in [3.8, 4) is 5.75 Å². The van der Waals surface area contributed by atoms with Crippen LogP contribution in [0, 0.1) is 3.57 Å². The Labute approximate surface area is 135 Å². The fraction of sp³-hybridized carbons (Fsp3) is 0.0667. The van der Waals surface area contributed by atoms with E-state index in [0.717, 1.165) is 3.57 Å². The van der Waals surface area contributed by atoms with E-state index in [4.69, 9.17) is 0 Å². The van der Waals surface area contributed by atoms with Crippen molar-refractivity contribution < 1.29 is 19.4 Å². The molecule has 0 fully saturated rings. The number of carbonyl (C=O) groups is 2. The molecule has 108 valence electrons. The fourth-order valence-electron chi connectivity index (χ4n) is 1.74. The molecule has 6 heteroatoms. The molecule has 0 aliphatic heterocycles. The van der Waals surface area contributed by atoms with Gasteiger partial charge in [0.25, 0.3) is 5.91 Å². The van der Waals surface area contributed by atoms with Gasteiger partial charge >= 0.3 is 5.97 Å². The third-order valence-corrected chi connectivity index (χ3v) is 3.45. The maximum absolute atomic E-state index is 12.1. The van der Waals surface area contributed by atoms with Crippen LogP contribution < -0.4 is 5.32 Å². The van der Waals surface area contributed by atoms with Crippen molar-refractivity contribution in [2.24, 2.45) is 0 Å². The van der Waals surface area contributed by atoms with Gasteiger partial charge in [-0.2, -0.15) is 0 Å². The van der Waals surface area contributed by atoms with Crippen molar-refractivity contribution in [3.63, 3.8) is 0 Å². The van der Waals surface area contributed by atoms with E-state index < -0.39 is 5.97 Å². The van der Waals surface area contributed by atoms with Gasteiger partial charge in [-0.25, -0.2) is 4.79 Å². The quantitative estimate of drug-likeness (QED) is 0.475. The monoisotopic (exact) mass is 397 g/mol. The lowest BCUT2D eigenvalue weighted by molar-refractivity contribution is 0.0597. The van der Waals surface area contributed by atoms with Crippen LogP contribution in [0.2, 0.25) is 0 Å². The van der Waals surface area contributed by atoms with Crippen LogP contribution in [-0.2, 0) is 4.74 Å². The van der Waals surface area contributed by atoms with E-state index in [1.165, 1.54) is 19.2 Å². The first-order valence-electron chi connectivity index (χ1n) is 6.00. The van der Waals surface area contributed by atoms with Crippen molar-refractivity contribution in [1.82, 2.24) is 0 Å². The first-order valence-corrected chi connectivity index (χ1v) is 7.08. The summed E-state index contributed by atoms with van der Waals surface area (Å²) in [6, 6.07) is 11.5. The molecule has 1 amide bonds. The van der Waals surface area contributed by atoms with Gasteiger partial charge in [-0.15, -0.1) is 0 Å². The lowest BCUT2D eigenvalue weighted by atomic mass is 10.1. The number of rotatable bonds is 3. The highest BCUT2D eigenvalue weighted by Gasteiger charge is 2.16. The Morgan fingerprint density at radius 2 is 1.90 bits per heavy atom. The van der Waals surface area contributed by atoms with Gasteiger partial charge in [0.15, 0.2) is 5.75 Å². The summed E-state index contributed by atoms with van der Waals surface area (Å²) in [7, 11) is 1.22. The number of para-hydroxylation sites is 1. The SMILES string of the molecule is COC(=O)c1cccc(NC(=O)c2cccc(I)c2)c1O. The van der Waals surface area contributed by atoms with Gasteiger partial charge in [0, 0.05) is 9.13 Å². The largest absolute Gasteiger partial charge is 0.505 e. The molecule has 0 bridgehead atoms. The molecular formula is C15H12INO4. The third-order valence-electron chi connectivity index (χ3n) is 2.78. The second-order valence-corrected chi connectivity index (χ2v) is 5.40. The van der Waals surface area contributed by atoms with E-state index in [9.17, 15) is 14.7 Å². The third kappa shape index (κ3) is 3.52. The van der Waals surface area contributed by atoms with Gasteiger partial charge in [-0.05, 0) is 52.9 Å². The van der Waals surface area contributed by atoms with Crippen molar-refractivity contribution in [2.45, 2.75) is 0 Å². The van der Waals surface area contributed by atoms with Gasteiger partial charge in [-0.3, -0.25) is 4.79 Å². The van der Waals surface area contributed by atoms with Crippen LogP contribution in [0.25, 0.3) is 0 Å². The number of methoxy groups -OCH3 is 1. The molecule has 2 rings (SSSR count). The number of nitrogens with one attached hydrogen (secondary N) is 1. The first-order chi connectivity index (χ1) is 10.0. The number of phenolic OH excluding ortho intramolecular Hbond substituents is 1. The van der Waals surface area contributed by atoms with Crippen LogP contribution in [0.5, 0.6) is 5.75 Å². The highest BCUT2D eigenvalue weighted by molar-refractivity contribution is 14.1. The molecule has 0 saturated carbocycles. The van der Waals surface area contributed by atoms with E-state index in [0.29, 0.717) is 5.56 Å². The van der Waals surface area contributed by atoms with E-state index in [2.05, 4.69) is 32.6 Å². The van der Waals surface area contributed by atoms with Gasteiger partial charge in [0.2, 0.25) is 0 Å². The van der Waals surface area contributed by atoms with E-state index >= 15 is 0 Å². The highest BCUT2D eigenvalue weighted by Crippen LogP contribution is 2.28. The second kappa shape index (κ2) is 6.57. The molecule has 0 aliphatic carbocycles. The summed E-state index contributed by atoms with van der Waals surface area (Å²) < 4.78 is 5.49. The van der Waals surface area contributed by atoms with Gasteiger partial charge in [0.05, 0.1) is 12.8 Å². The van der Waals surface area contributed by atoms with Crippen molar-refractivity contribution in [2.75, 3.05) is 12.4 Å². The standard InChI is InChI=1S/C15H12INO4/c1-21-15(20)11-6-3-7-12(13(11)18)17-14(19)9-4-2-5-10(16)8-9/h2-8,18H,1H3,(H,17,19). The number of aromatic hydroxyl groups is 1. The van der Waals surface area contributed by atoms with Crippen LogP contribution in [0.15, 0.2) is 42.5 Å². The summed E-state index contributed by atoms with van der Waals surface area (Å²) in [6.07, 6.45) is 0. The highest BCUT2D eigenvalue weighted by atomic mass is 127. The minimum absolute atomic E-state index is 0.00191. The number of esters is 1. The molecule has 0 atom stereocenters. The Balaban J connectivity index is 2.28. The molecule has 5 nitrogen and oxygen atoms in total. The molecule has 2 N–H and O–H groups in total. The molecule has 0 spiro atoms. The zero-order valence-corrected chi connectivity index (χ0v) is 13.2. The molecule has 0 heterocycles. The second-order valence-electron chi connectivity index (χ2n) is 4.16. The number of carbonyl (C=O) groups excluding carboxylic acids is 2. The Hall–Kier alpha value is -2.09. The average Bonchev–Trinajstić information content (AvgIpc) is 2.48. The Kier molecular flexibility index (Phi) is 4.79.